The Kier molecular flexibility index (Phi) is 2.50. The number of hydrogen-bond acceptors (Lipinski definition) is 2. The monoisotopic (exact) mass is 184 g/mol. The van der Waals surface area contributed by atoms with Crippen molar-refractivity contribution in [2.24, 2.45) is 0 Å². The van der Waals surface area contributed by atoms with Gasteiger partial charge < -0.3 is 5.11 Å². The van der Waals surface area contributed by atoms with Gasteiger partial charge in [-0.2, -0.15) is 0 Å². The fourth-order valence-corrected chi connectivity index (χ4v) is 0.985. The van der Waals surface area contributed by atoms with Gasteiger partial charge in [0.1, 0.15) is 0 Å². The van der Waals surface area contributed by atoms with Gasteiger partial charge in [-0.05, 0) is 24.1 Å². The summed E-state index contributed by atoms with van der Waals surface area (Å²) in [4.78, 5) is 10.8. The van der Waals surface area contributed by atoms with Gasteiger partial charge in [-0.25, -0.2) is 0 Å². The summed E-state index contributed by atoms with van der Waals surface area (Å²) in [6, 6.07) is 8.59. The van der Waals surface area contributed by atoms with E-state index >= 15 is 0 Å². The third-order valence-corrected chi connectivity index (χ3v) is 2.09. The lowest BCUT2D eigenvalue weighted by atomic mass is 9.98. The van der Waals surface area contributed by atoms with Crippen LogP contribution in [0.15, 0.2) is 30.3 Å². The van der Waals surface area contributed by atoms with Crippen LogP contribution in [0, 0.1) is 0 Å². The lowest BCUT2D eigenvalue weighted by Crippen LogP contribution is -2.28. The Labute approximate surface area is 75.8 Å². The summed E-state index contributed by atoms with van der Waals surface area (Å²) >= 11 is 5.22. The summed E-state index contributed by atoms with van der Waals surface area (Å²) < 4.78 is 0. The van der Waals surface area contributed by atoms with Crippen LogP contribution in [-0.2, 0) is 10.4 Å². The first-order valence-corrected chi connectivity index (χ1v) is 3.91. The minimum absolute atomic E-state index is 0.505. The third-order valence-electron chi connectivity index (χ3n) is 1.72. The maximum absolute atomic E-state index is 10.8. The predicted molar refractivity (Wildman–Crippen MR) is 46.9 cm³/mol. The summed E-state index contributed by atoms with van der Waals surface area (Å²) in [6.45, 7) is 1.37. The topological polar surface area (TPSA) is 37.3 Å². The quantitative estimate of drug-likeness (QED) is 0.710. The molecule has 0 aliphatic carbocycles. The summed E-state index contributed by atoms with van der Waals surface area (Å²) in [7, 11) is 0. The van der Waals surface area contributed by atoms with Gasteiger partial charge in [0, 0.05) is 0 Å². The largest absolute Gasteiger partial charge is 0.376 e. The van der Waals surface area contributed by atoms with Gasteiger partial charge in [0.25, 0.3) is 5.24 Å². The molecule has 0 aromatic heterocycles. The van der Waals surface area contributed by atoms with E-state index in [1.807, 2.05) is 0 Å². The normalized spacial score (nSPS) is 15.2. The van der Waals surface area contributed by atoms with Crippen molar-refractivity contribution in [3.63, 3.8) is 0 Å². The predicted octanol–water partition coefficient (Wildman–Crippen LogP) is 1.66. The smallest absolute Gasteiger partial charge is 0.257 e. The third kappa shape index (κ3) is 1.65. The Morgan fingerprint density at radius 3 is 2.33 bits per heavy atom. The highest BCUT2D eigenvalue weighted by atomic mass is 35.5. The molecule has 1 N–H and O–H groups in total. The van der Waals surface area contributed by atoms with Crippen LogP contribution in [0.25, 0.3) is 0 Å². The molecule has 0 spiro atoms. The first-order chi connectivity index (χ1) is 5.55. The van der Waals surface area contributed by atoms with Gasteiger partial charge in [0.15, 0.2) is 5.60 Å². The van der Waals surface area contributed by atoms with Crippen LogP contribution >= 0.6 is 11.6 Å². The molecule has 1 rings (SSSR count). The van der Waals surface area contributed by atoms with Crippen LogP contribution in [0.1, 0.15) is 12.5 Å². The molecule has 0 fully saturated rings. The van der Waals surface area contributed by atoms with Crippen LogP contribution < -0.4 is 0 Å². The maximum Gasteiger partial charge on any atom is 0.257 e. The van der Waals surface area contributed by atoms with Crippen molar-refractivity contribution in [2.45, 2.75) is 12.5 Å². The Hall–Kier alpha value is -0.860. The average Bonchev–Trinajstić information content (AvgIpc) is 2.06. The van der Waals surface area contributed by atoms with Gasteiger partial charge in [0.05, 0.1) is 0 Å². The number of halogens is 1. The second-order valence-electron chi connectivity index (χ2n) is 2.71. The number of hydrogen-bond donors (Lipinski definition) is 1. The molecular weight excluding hydrogens is 176 g/mol. The minimum atomic E-state index is -1.58. The highest BCUT2D eigenvalue weighted by Gasteiger charge is 2.30. The van der Waals surface area contributed by atoms with Crippen LogP contribution in [0.3, 0.4) is 0 Å². The van der Waals surface area contributed by atoms with Gasteiger partial charge in [-0.1, -0.05) is 30.3 Å². The minimum Gasteiger partial charge on any atom is -0.376 e. The standard InChI is InChI=1S/C9H9ClO2/c1-9(12,8(10)11)7-5-3-2-4-6-7/h2-6,12H,1H3/t9-/m1/s1. The van der Waals surface area contributed by atoms with E-state index in [0.717, 1.165) is 0 Å². The van der Waals surface area contributed by atoms with E-state index in [4.69, 9.17) is 11.6 Å². The molecule has 1 atom stereocenters. The Morgan fingerprint density at radius 2 is 1.92 bits per heavy atom. The first-order valence-electron chi connectivity index (χ1n) is 3.53. The molecular formula is C9H9ClO2. The van der Waals surface area contributed by atoms with Crippen molar-refractivity contribution in [1.82, 2.24) is 0 Å². The van der Waals surface area contributed by atoms with Crippen molar-refractivity contribution in [3.8, 4) is 0 Å². The van der Waals surface area contributed by atoms with Crippen molar-refractivity contribution >= 4 is 16.8 Å². The van der Waals surface area contributed by atoms with Gasteiger partial charge in [-0.3, -0.25) is 4.79 Å². The molecule has 0 unspecified atom stereocenters. The second-order valence-corrected chi connectivity index (χ2v) is 3.06. The number of rotatable bonds is 2. The first kappa shape index (κ1) is 9.23. The van der Waals surface area contributed by atoms with Gasteiger partial charge >= 0.3 is 0 Å². The van der Waals surface area contributed by atoms with E-state index in [1.54, 1.807) is 30.3 Å². The maximum atomic E-state index is 10.8. The van der Waals surface area contributed by atoms with E-state index in [2.05, 4.69) is 0 Å². The van der Waals surface area contributed by atoms with Crippen molar-refractivity contribution in [2.75, 3.05) is 0 Å². The zero-order valence-corrected chi connectivity index (χ0v) is 7.38. The fraction of sp³-hybridized carbons (Fsp3) is 0.222. The molecule has 0 bridgehead atoms. The second kappa shape index (κ2) is 3.25. The van der Waals surface area contributed by atoms with Crippen molar-refractivity contribution < 1.29 is 9.90 Å². The molecule has 0 saturated carbocycles. The van der Waals surface area contributed by atoms with E-state index in [0.29, 0.717) is 5.56 Å². The van der Waals surface area contributed by atoms with Crippen molar-refractivity contribution in [1.29, 1.82) is 0 Å². The molecule has 1 aromatic carbocycles. The molecule has 64 valence electrons. The molecule has 0 heterocycles. The molecule has 2 nitrogen and oxygen atoms in total. The zero-order chi connectivity index (χ0) is 9.19. The molecule has 0 aliphatic rings. The number of carbonyl (C=O) groups excluding carboxylic acids is 1. The van der Waals surface area contributed by atoms with Crippen molar-refractivity contribution in [3.05, 3.63) is 35.9 Å². The van der Waals surface area contributed by atoms with Crippen LogP contribution in [-0.4, -0.2) is 10.3 Å². The Balaban J connectivity index is 3.06. The van der Waals surface area contributed by atoms with E-state index in [-0.39, 0.29) is 0 Å². The number of aliphatic hydroxyl groups is 1. The summed E-state index contributed by atoms with van der Waals surface area (Å²) in [5, 5.41) is 8.81. The molecule has 3 heteroatoms. The molecule has 12 heavy (non-hydrogen) atoms. The molecule has 1 aromatic rings. The highest BCUT2D eigenvalue weighted by molar-refractivity contribution is 6.65. The van der Waals surface area contributed by atoms with Crippen LogP contribution in [0.4, 0.5) is 0 Å². The Bertz CT molecular complexity index is 280. The van der Waals surface area contributed by atoms with E-state index in [1.165, 1.54) is 6.92 Å². The van der Waals surface area contributed by atoms with Crippen LogP contribution in [0.2, 0.25) is 0 Å². The lowest BCUT2D eigenvalue weighted by Gasteiger charge is -2.18. The van der Waals surface area contributed by atoms with Gasteiger partial charge in [-0.15, -0.1) is 0 Å². The molecule has 0 radical (unpaired) electrons. The average molecular weight is 185 g/mol. The number of benzene rings is 1. The fourth-order valence-electron chi connectivity index (χ4n) is 0.876. The number of carbonyl (C=O) groups is 1. The molecule has 0 amide bonds. The van der Waals surface area contributed by atoms with Crippen LogP contribution in [0.5, 0.6) is 0 Å². The lowest BCUT2D eigenvalue weighted by molar-refractivity contribution is -0.127. The SMILES string of the molecule is C[C@](O)(C(=O)Cl)c1ccccc1. The summed E-state index contributed by atoms with van der Waals surface area (Å²) in [6.07, 6.45) is 0. The molecule has 0 saturated heterocycles. The van der Waals surface area contributed by atoms with E-state index in [9.17, 15) is 9.90 Å². The summed E-state index contributed by atoms with van der Waals surface area (Å²) in [5.41, 5.74) is -1.08. The molecule has 0 aliphatic heterocycles. The van der Waals surface area contributed by atoms with Gasteiger partial charge in [0.2, 0.25) is 0 Å². The zero-order valence-electron chi connectivity index (χ0n) is 6.62. The highest BCUT2D eigenvalue weighted by Crippen LogP contribution is 2.22. The Morgan fingerprint density at radius 1 is 1.42 bits per heavy atom. The van der Waals surface area contributed by atoms with E-state index < -0.39 is 10.8 Å². The summed E-state index contributed by atoms with van der Waals surface area (Å²) in [5.74, 6) is 0.